The van der Waals surface area contributed by atoms with E-state index in [0.717, 1.165) is 6.42 Å². The van der Waals surface area contributed by atoms with Gasteiger partial charge in [0.25, 0.3) is 0 Å². The molecule has 1 aliphatic heterocycles. The summed E-state index contributed by atoms with van der Waals surface area (Å²) in [4.78, 5) is 0. The van der Waals surface area contributed by atoms with E-state index in [1.807, 2.05) is 0 Å². The summed E-state index contributed by atoms with van der Waals surface area (Å²) in [5, 5.41) is 3.53. The Morgan fingerprint density at radius 1 is 1.38 bits per heavy atom. The summed E-state index contributed by atoms with van der Waals surface area (Å²) < 4.78 is 0.159. The van der Waals surface area contributed by atoms with Crippen LogP contribution in [-0.4, -0.2) is 10.4 Å². The van der Waals surface area contributed by atoms with E-state index in [9.17, 15) is 0 Å². The maximum Gasteiger partial charge on any atom is 0.0450 e. The first-order valence-electron chi connectivity index (χ1n) is 4.61. The Labute approximate surface area is 87.7 Å². The lowest BCUT2D eigenvalue weighted by molar-refractivity contribution is 0.599. The average Bonchev–Trinajstić information content (AvgIpc) is 2.45. The van der Waals surface area contributed by atoms with Crippen molar-refractivity contribution < 1.29 is 0 Å². The average molecular weight is 240 g/mol. The third-order valence-electron chi connectivity index (χ3n) is 2.60. The molecular formula is C11H14BrN. The lowest BCUT2D eigenvalue weighted by Crippen LogP contribution is -2.35. The van der Waals surface area contributed by atoms with Crippen molar-refractivity contribution in [2.45, 2.75) is 30.6 Å². The lowest BCUT2D eigenvalue weighted by atomic mass is 10.0. The molecule has 0 spiro atoms. The molecule has 0 saturated heterocycles. The third kappa shape index (κ3) is 1.73. The van der Waals surface area contributed by atoms with Gasteiger partial charge in [0.1, 0.15) is 0 Å². The molecule has 1 aliphatic rings. The first-order chi connectivity index (χ1) is 6.07. The minimum atomic E-state index is 0.159. The second-order valence-corrected chi connectivity index (χ2v) is 6.17. The summed E-state index contributed by atoms with van der Waals surface area (Å²) in [5.74, 6) is 0. The SMILES string of the molecule is CC(C)(Br)C1Cc2ccccc2N1. The Morgan fingerprint density at radius 3 is 2.69 bits per heavy atom. The number of benzene rings is 1. The van der Waals surface area contributed by atoms with Crippen LogP contribution in [0, 0.1) is 0 Å². The summed E-state index contributed by atoms with van der Waals surface area (Å²) in [5.41, 5.74) is 2.72. The fourth-order valence-electron chi connectivity index (χ4n) is 1.71. The first-order valence-corrected chi connectivity index (χ1v) is 5.40. The molecule has 1 aromatic carbocycles. The number of alkyl halides is 1. The molecule has 0 saturated carbocycles. The van der Waals surface area contributed by atoms with E-state index in [-0.39, 0.29) is 4.32 Å². The van der Waals surface area contributed by atoms with Crippen molar-refractivity contribution in [1.29, 1.82) is 0 Å². The molecule has 1 N–H and O–H groups in total. The molecule has 70 valence electrons. The number of hydrogen-bond acceptors (Lipinski definition) is 1. The second kappa shape index (κ2) is 3.02. The van der Waals surface area contributed by atoms with Crippen LogP contribution >= 0.6 is 15.9 Å². The number of anilines is 1. The Morgan fingerprint density at radius 2 is 2.08 bits per heavy atom. The van der Waals surface area contributed by atoms with Gasteiger partial charge in [0.15, 0.2) is 0 Å². The third-order valence-corrected chi connectivity index (χ3v) is 3.15. The Balaban J connectivity index is 2.23. The molecule has 2 heteroatoms. The first kappa shape index (κ1) is 9.07. The molecule has 13 heavy (non-hydrogen) atoms. The number of fused-ring (bicyclic) bond motifs is 1. The second-order valence-electron chi connectivity index (χ2n) is 4.12. The molecule has 0 aromatic heterocycles. The zero-order chi connectivity index (χ0) is 9.47. The quantitative estimate of drug-likeness (QED) is 0.743. The predicted molar refractivity (Wildman–Crippen MR) is 60.6 cm³/mol. The molecule has 1 atom stereocenters. The van der Waals surface area contributed by atoms with Gasteiger partial charge in [-0.15, -0.1) is 0 Å². The standard InChI is InChI=1S/C11H14BrN/c1-11(2,12)10-7-8-5-3-4-6-9(8)13-10/h3-6,10,13H,7H2,1-2H3. The molecule has 1 aromatic rings. The van der Waals surface area contributed by atoms with Gasteiger partial charge in [-0.05, 0) is 31.9 Å². The normalized spacial score (nSPS) is 21.0. The zero-order valence-corrected chi connectivity index (χ0v) is 9.56. The van der Waals surface area contributed by atoms with Gasteiger partial charge in [-0.3, -0.25) is 0 Å². The van der Waals surface area contributed by atoms with Crippen molar-refractivity contribution in [2.24, 2.45) is 0 Å². The van der Waals surface area contributed by atoms with Gasteiger partial charge < -0.3 is 5.32 Å². The monoisotopic (exact) mass is 239 g/mol. The Bertz CT molecular complexity index is 289. The number of hydrogen-bond donors (Lipinski definition) is 1. The number of para-hydroxylation sites is 1. The van der Waals surface area contributed by atoms with Crippen LogP contribution in [0.15, 0.2) is 24.3 Å². The molecular weight excluding hydrogens is 226 g/mol. The molecule has 0 aliphatic carbocycles. The van der Waals surface area contributed by atoms with E-state index in [4.69, 9.17) is 0 Å². The summed E-state index contributed by atoms with van der Waals surface area (Å²) in [6.07, 6.45) is 1.12. The van der Waals surface area contributed by atoms with E-state index >= 15 is 0 Å². The summed E-state index contributed by atoms with van der Waals surface area (Å²) in [6.45, 7) is 4.41. The van der Waals surface area contributed by atoms with Crippen LogP contribution in [0.4, 0.5) is 5.69 Å². The molecule has 0 fully saturated rings. The van der Waals surface area contributed by atoms with Crippen LogP contribution in [0.5, 0.6) is 0 Å². The molecule has 2 rings (SSSR count). The molecule has 1 heterocycles. The van der Waals surface area contributed by atoms with Gasteiger partial charge in [-0.25, -0.2) is 0 Å². The minimum Gasteiger partial charge on any atom is -0.380 e. The number of rotatable bonds is 1. The Kier molecular flexibility index (Phi) is 2.11. The zero-order valence-electron chi connectivity index (χ0n) is 7.97. The van der Waals surface area contributed by atoms with Crippen molar-refractivity contribution in [3.63, 3.8) is 0 Å². The van der Waals surface area contributed by atoms with E-state index in [1.165, 1.54) is 11.3 Å². The van der Waals surface area contributed by atoms with E-state index in [0.29, 0.717) is 6.04 Å². The van der Waals surface area contributed by atoms with Crippen molar-refractivity contribution >= 4 is 21.6 Å². The van der Waals surface area contributed by atoms with Crippen LogP contribution < -0.4 is 5.32 Å². The van der Waals surface area contributed by atoms with E-state index in [2.05, 4.69) is 59.4 Å². The van der Waals surface area contributed by atoms with Crippen molar-refractivity contribution in [3.8, 4) is 0 Å². The molecule has 0 bridgehead atoms. The highest BCUT2D eigenvalue weighted by atomic mass is 79.9. The van der Waals surface area contributed by atoms with Crippen molar-refractivity contribution in [1.82, 2.24) is 0 Å². The van der Waals surface area contributed by atoms with E-state index in [1.54, 1.807) is 0 Å². The van der Waals surface area contributed by atoms with Gasteiger partial charge >= 0.3 is 0 Å². The van der Waals surface area contributed by atoms with Crippen LogP contribution in [0.25, 0.3) is 0 Å². The smallest absolute Gasteiger partial charge is 0.0450 e. The minimum absolute atomic E-state index is 0.159. The Hall–Kier alpha value is -0.500. The predicted octanol–water partition coefficient (Wildman–Crippen LogP) is 3.20. The van der Waals surface area contributed by atoms with Gasteiger partial charge in [0, 0.05) is 16.1 Å². The molecule has 0 radical (unpaired) electrons. The summed E-state index contributed by atoms with van der Waals surface area (Å²) >= 11 is 3.70. The lowest BCUT2D eigenvalue weighted by Gasteiger charge is -2.25. The largest absolute Gasteiger partial charge is 0.380 e. The fraction of sp³-hybridized carbons (Fsp3) is 0.455. The highest BCUT2D eigenvalue weighted by Gasteiger charge is 2.31. The molecule has 1 nitrogen and oxygen atoms in total. The van der Waals surface area contributed by atoms with Crippen LogP contribution in [0.1, 0.15) is 19.4 Å². The highest BCUT2D eigenvalue weighted by molar-refractivity contribution is 9.10. The highest BCUT2D eigenvalue weighted by Crippen LogP contribution is 2.34. The summed E-state index contributed by atoms with van der Waals surface area (Å²) in [6, 6.07) is 9.03. The number of nitrogens with one attached hydrogen (secondary N) is 1. The van der Waals surface area contributed by atoms with Crippen LogP contribution in [0.2, 0.25) is 0 Å². The maximum absolute atomic E-state index is 3.70. The van der Waals surface area contributed by atoms with Crippen molar-refractivity contribution in [2.75, 3.05) is 5.32 Å². The fourth-order valence-corrected chi connectivity index (χ4v) is 1.99. The van der Waals surface area contributed by atoms with Gasteiger partial charge in [-0.2, -0.15) is 0 Å². The van der Waals surface area contributed by atoms with E-state index < -0.39 is 0 Å². The van der Waals surface area contributed by atoms with Gasteiger partial charge in [0.05, 0.1) is 0 Å². The number of halogens is 1. The van der Waals surface area contributed by atoms with Gasteiger partial charge in [0.2, 0.25) is 0 Å². The van der Waals surface area contributed by atoms with Crippen molar-refractivity contribution in [3.05, 3.63) is 29.8 Å². The maximum atomic E-state index is 3.70. The summed E-state index contributed by atoms with van der Waals surface area (Å²) in [7, 11) is 0. The topological polar surface area (TPSA) is 12.0 Å². The molecule has 1 unspecified atom stereocenters. The van der Waals surface area contributed by atoms with Gasteiger partial charge in [-0.1, -0.05) is 34.1 Å². The van der Waals surface area contributed by atoms with Crippen LogP contribution in [-0.2, 0) is 6.42 Å². The molecule has 0 amide bonds. The van der Waals surface area contributed by atoms with Crippen LogP contribution in [0.3, 0.4) is 0 Å².